The molecular weight excluding hydrogens is 526 g/mol. The number of methoxy groups -OCH3 is 1. The van der Waals surface area contributed by atoms with Crippen molar-refractivity contribution in [3.05, 3.63) is 90.9 Å². The minimum atomic E-state index is -0.745. The highest BCUT2D eigenvalue weighted by atomic mass is 79.9. The second-order valence-corrected chi connectivity index (χ2v) is 7.68. The summed E-state index contributed by atoms with van der Waals surface area (Å²) in [6.07, 6.45) is 1.37. The molecule has 0 aliphatic carbocycles. The third-order valence-corrected chi connectivity index (χ3v) is 5.03. The Bertz CT molecular complexity index is 1280. The Morgan fingerprint density at radius 1 is 1.09 bits per heavy atom. The monoisotopic (exact) mass is 543 g/mol. The molecule has 13 heteroatoms. The number of anilines is 2. The van der Waals surface area contributed by atoms with Gasteiger partial charge >= 0.3 is 5.69 Å². The van der Waals surface area contributed by atoms with E-state index < -0.39 is 21.2 Å². The zero-order chi connectivity index (χ0) is 25.4. The molecule has 3 rings (SSSR count). The number of nitro benzene ring substituents is 2. The molecule has 1 amide bonds. The standard InChI is InChI=1S/C22H18BrN5O7/c1-34-20-10-14(12-24-26-18-8-7-16(27(30)31)11-19(18)28(32)33)9-17(23)22(20)35-13-21(29)25-15-5-3-2-4-6-15/h2-12,26H,13H2,1H3,(H,25,29)/b24-12-. The molecule has 0 radical (unpaired) electrons. The first-order valence-corrected chi connectivity index (χ1v) is 10.6. The fraction of sp³-hybridized carbons (Fsp3) is 0.0909. The van der Waals surface area contributed by atoms with Gasteiger partial charge in [0.1, 0.15) is 5.69 Å². The summed E-state index contributed by atoms with van der Waals surface area (Å²) in [5, 5.41) is 28.8. The van der Waals surface area contributed by atoms with Crippen molar-refractivity contribution in [1.82, 2.24) is 0 Å². The van der Waals surface area contributed by atoms with Crippen LogP contribution in [0.1, 0.15) is 5.56 Å². The predicted octanol–water partition coefficient (Wildman–Crippen LogP) is 4.74. The van der Waals surface area contributed by atoms with E-state index in [2.05, 4.69) is 31.8 Å². The predicted molar refractivity (Wildman–Crippen MR) is 132 cm³/mol. The number of nitrogens with one attached hydrogen (secondary N) is 2. The number of para-hydroxylation sites is 1. The number of hydrogen-bond acceptors (Lipinski definition) is 9. The summed E-state index contributed by atoms with van der Waals surface area (Å²) < 4.78 is 11.4. The quantitative estimate of drug-likeness (QED) is 0.211. The number of non-ortho nitro benzene ring substituents is 1. The Morgan fingerprint density at radius 2 is 1.83 bits per heavy atom. The molecular formula is C22H18BrN5O7. The van der Waals surface area contributed by atoms with Crippen molar-refractivity contribution in [2.24, 2.45) is 5.10 Å². The van der Waals surface area contributed by atoms with Gasteiger partial charge in [-0.3, -0.25) is 30.4 Å². The molecule has 3 aromatic rings. The Kier molecular flexibility index (Phi) is 8.29. The topological polar surface area (TPSA) is 158 Å². The van der Waals surface area contributed by atoms with Gasteiger partial charge in [-0.15, -0.1) is 0 Å². The highest BCUT2D eigenvalue weighted by molar-refractivity contribution is 9.10. The lowest BCUT2D eigenvalue weighted by Crippen LogP contribution is -2.20. The molecule has 0 bridgehead atoms. The van der Waals surface area contributed by atoms with E-state index in [4.69, 9.17) is 9.47 Å². The molecule has 12 nitrogen and oxygen atoms in total. The zero-order valence-corrected chi connectivity index (χ0v) is 19.7. The molecule has 35 heavy (non-hydrogen) atoms. The Morgan fingerprint density at radius 3 is 2.49 bits per heavy atom. The molecule has 3 aromatic carbocycles. The molecule has 0 aliphatic heterocycles. The summed E-state index contributed by atoms with van der Waals surface area (Å²) >= 11 is 3.37. The first kappa shape index (κ1) is 25.1. The molecule has 0 heterocycles. The van der Waals surface area contributed by atoms with E-state index in [-0.39, 0.29) is 18.2 Å². The molecule has 0 spiro atoms. The Labute approximate surface area is 207 Å². The van der Waals surface area contributed by atoms with Crippen LogP contribution in [0, 0.1) is 20.2 Å². The molecule has 0 aliphatic rings. The summed E-state index contributed by atoms with van der Waals surface area (Å²) in [4.78, 5) is 32.8. The van der Waals surface area contributed by atoms with E-state index in [1.54, 1.807) is 36.4 Å². The highest BCUT2D eigenvalue weighted by Crippen LogP contribution is 2.36. The van der Waals surface area contributed by atoms with E-state index in [0.717, 1.165) is 12.1 Å². The smallest absolute Gasteiger partial charge is 0.301 e. The number of amides is 1. The van der Waals surface area contributed by atoms with Crippen LogP contribution in [0.2, 0.25) is 0 Å². The summed E-state index contributed by atoms with van der Waals surface area (Å²) in [6, 6.07) is 15.3. The molecule has 0 atom stereocenters. The minimum Gasteiger partial charge on any atom is -0.493 e. The van der Waals surface area contributed by atoms with Gasteiger partial charge in [0.15, 0.2) is 18.1 Å². The van der Waals surface area contributed by atoms with Crippen LogP contribution in [-0.4, -0.2) is 35.7 Å². The second kappa shape index (κ2) is 11.6. The Hall–Kier alpha value is -4.52. The van der Waals surface area contributed by atoms with Crippen molar-refractivity contribution in [2.45, 2.75) is 0 Å². The van der Waals surface area contributed by atoms with Gasteiger partial charge in [0.25, 0.3) is 11.6 Å². The van der Waals surface area contributed by atoms with Crippen molar-refractivity contribution in [3.8, 4) is 11.5 Å². The lowest BCUT2D eigenvalue weighted by atomic mass is 10.2. The van der Waals surface area contributed by atoms with Crippen molar-refractivity contribution in [3.63, 3.8) is 0 Å². The van der Waals surface area contributed by atoms with Crippen LogP contribution < -0.4 is 20.2 Å². The molecule has 0 unspecified atom stereocenters. The first-order valence-electron chi connectivity index (χ1n) is 9.85. The summed E-state index contributed by atoms with van der Waals surface area (Å²) in [6.45, 7) is -0.261. The summed E-state index contributed by atoms with van der Waals surface area (Å²) in [5.41, 5.74) is 2.76. The van der Waals surface area contributed by atoms with Gasteiger partial charge in [-0.2, -0.15) is 5.10 Å². The van der Waals surface area contributed by atoms with Crippen LogP contribution in [0.3, 0.4) is 0 Å². The number of nitro groups is 2. The van der Waals surface area contributed by atoms with Gasteiger partial charge in [0.2, 0.25) is 0 Å². The van der Waals surface area contributed by atoms with E-state index in [0.29, 0.717) is 27.2 Å². The van der Waals surface area contributed by atoms with Crippen LogP contribution in [0.15, 0.2) is 70.2 Å². The Balaban J connectivity index is 1.70. The molecule has 0 aromatic heterocycles. The van der Waals surface area contributed by atoms with Gasteiger partial charge in [0.05, 0.1) is 33.7 Å². The largest absolute Gasteiger partial charge is 0.493 e. The van der Waals surface area contributed by atoms with Gasteiger partial charge in [-0.05, 0) is 51.8 Å². The van der Waals surface area contributed by atoms with Crippen LogP contribution >= 0.6 is 15.9 Å². The average Bonchev–Trinajstić information content (AvgIpc) is 2.83. The number of carbonyl (C=O) groups is 1. The van der Waals surface area contributed by atoms with Crippen molar-refractivity contribution >= 4 is 50.8 Å². The maximum Gasteiger partial charge on any atom is 0.301 e. The van der Waals surface area contributed by atoms with E-state index >= 15 is 0 Å². The molecule has 0 fully saturated rings. The highest BCUT2D eigenvalue weighted by Gasteiger charge is 2.19. The van der Waals surface area contributed by atoms with E-state index in [1.165, 1.54) is 19.4 Å². The number of nitrogens with zero attached hydrogens (tertiary/aromatic N) is 3. The maximum absolute atomic E-state index is 12.2. The normalized spacial score (nSPS) is 10.6. The third-order valence-electron chi connectivity index (χ3n) is 4.44. The third kappa shape index (κ3) is 6.74. The second-order valence-electron chi connectivity index (χ2n) is 6.82. The van der Waals surface area contributed by atoms with E-state index in [1.807, 2.05) is 6.07 Å². The number of hydrazone groups is 1. The van der Waals surface area contributed by atoms with Crippen LogP contribution in [-0.2, 0) is 4.79 Å². The van der Waals surface area contributed by atoms with Gasteiger partial charge < -0.3 is 14.8 Å². The number of halogens is 1. The first-order chi connectivity index (χ1) is 16.8. The molecule has 2 N–H and O–H groups in total. The number of carbonyl (C=O) groups excluding carboxylic acids is 1. The van der Waals surface area contributed by atoms with Crippen LogP contribution in [0.4, 0.5) is 22.7 Å². The average molecular weight is 544 g/mol. The lowest BCUT2D eigenvalue weighted by Gasteiger charge is -2.13. The van der Waals surface area contributed by atoms with Gasteiger partial charge in [0, 0.05) is 11.8 Å². The summed E-state index contributed by atoms with van der Waals surface area (Å²) in [7, 11) is 1.43. The number of hydrogen-bond donors (Lipinski definition) is 2. The fourth-order valence-corrected chi connectivity index (χ4v) is 3.44. The SMILES string of the molecule is COc1cc(/C=N\Nc2ccc([N+](=O)[O-])cc2[N+](=O)[O-])cc(Br)c1OCC(=O)Nc1ccccc1. The van der Waals surface area contributed by atoms with Crippen LogP contribution in [0.25, 0.3) is 0 Å². The number of rotatable bonds is 10. The molecule has 0 saturated heterocycles. The van der Waals surface area contributed by atoms with E-state index in [9.17, 15) is 25.0 Å². The van der Waals surface area contributed by atoms with Gasteiger partial charge in [-0.25, -0.2) is 0 Å². The van der Waals surface area contributed by atoms with Crippen molar-refractivity contribution in [2.75, 3.05) is 24.5 Å². The molecule has 0 saturated carbocycles. The van der Waals surface area contributed by atoms with Gasteiger partial charge in [-0.1, -0.05) is 18.2 Å². The number of benzene rings is 3. The fourth-order valence-electron chi connectivity index (χ4n) is 2.87. The van der Waals surface area contributed by atoms with Crippen molar-refractivity contribution in [1.29, 1.82) is 0 Å². The lowest BCUT2D eigenvalue weighted by molar-refractivity contribution is -0.393. The maximum atomic E-state index is 12.2. The summed E-state index contributed by atoms with van der Waals surface area (Å²) in [5.74, 6) is 0.256. The van der Waals surface area contributed by atoms with Crippen molar-refractivity contribution < 1.29 is 24.1 Å². The van der Waals surface area contributed by atoms with Crippen LogP contribution in [0.5, 0.6) is 11.5 Å². The number of ether oxygens (including phenoxy) is 2. The minimum absolute atomic E-state index is 0.0211. The molecule has 180 valence electrons. The zero-order valence-electron chi connectivity index (χ0n) is 18.1.